The molecule has 96 valence electrons. The molecule has 2 rings (SSSR count). The zero-order valence-electron chi connectivity index (χ0n) is 9.92. The molecule has 0 spiro atoms. The summed E-state index contributed by atoms with van der Waals surface area (Å²) in [6, 6.07) is 4.07. The quantitative estimate of drug-likeness (QED) is 0.900. The molecule has 1 heterocycles. The fraction of sp³-hybridized carbons (Fsp3) is 0.273. The average Bonchev–Trinajstić information content (AvgIpc) is 2.74. The minimum atomic E-state index is 0.334. The normalized spacial score (nSPS) is 10.7. The summed E-state index contributed by atoms with van der Waals surface area (Å²) >= 11 is 9.52. The summed E-state index contributed by atoms with van der Waals surface area (Å²) in [5, 5.41) is 14.4. The topological polar surface area (TPSA) is 63.0 Å². The van der Waals surface area contributed by atoms with E-state index in [-0.39, 0.29) is 0 Å². The average molecular weight is 332 g/mol. The Bertz CT molecular complexity index is 558. The van der Waals surface area contributed by atoms with Gasteiger partial charge in [0.2, 0.25) is 5.89 Å². The third kappa shape index (κ3) is 3.01. The summed E-state index contributed by atoms with van der Waals surface area (Å²) in [6.45, 7) is 2.47. The molecular weight excluding hydrogens is 320 g/mol. The van der Waals surface area contributed by atoms with Gasteiger partial charge in [0.1, 0.15) is 0 Å². The maximum atomic E-state index is 6.07. The smallest absolute Gasteiger partial charge is 0.320 e. The van der Waals surface area contributed by atoms with Crippen LogP contribution < -0.4 is 10.6 Å². The second-order valence-corrected chi connectivity index (χ2v) is 5.00. The van der Waals surface area contributed by atoms with Gasteiger partial charge >= 0.3 is 6.01 Å². The maximum absolute atomic E-state index is 6.07. The second kappa shape index (κ2) is 5.69. The Morgan fingerprint density at radius 1 is 1.39 bits per heavy atom. The maximum Gasteiger partial charge on any atom is 0.320 e. The highest BCUT2D eigenvalue weighted by atomic mass is 79.9. The van der Waals surface area contributed by atoms with Gasteiger partial charge in [-0.25, -0.2) is 0 Å². The number of rotatable bonds is 4. The molecule has 0 unspecified atom stereocenters. The Morgan fingerprint density at radius 3 is 2.89 bits per heavy atom. The van der Waals surface area contributed by atoms with Crippen molar-refractivity contribution in [1.29, 1.82) is 0 Å². The molecule has 5 nitrogen and oxygen atoms in total. The van der Waals surface area contributed by atoms with Crippen LogP contribution in [0.1, 0.15) is 11.5 Å². The highest BCUT2D eigenvalue weighted by molar-refractivity contribution is 9.10. The Hall–Kier alpha value is -1.11. The molecular formula is C11H12BrClN4O. The van der Waals surface area contributed by atoms with Gasteiger partial charge in [-0.1, -0.05) is 16.7 Å². The third-order valence-electron chi connectivity index (χ3n) is 2.28. The van der Waals surface area contributed by atoms with E-state index in [0.29, 0.717) is 23.5 Å². The van der Waals surface area contributed by atoms with Crippen LogP contribution >= 0.6 is 27.5 Å². The van der Waals surface area contributed by atoms with E-state index in [2.05, 4.69) is 36.8 Å². The molecule has 0 atom stereocenters. The molecule has 1 aromatic heterocycles. The van der Waals surface area contributed by atoms with Gasteiger partial charge in [-0.15, -0.1) is 5.10 Å². The molecule has 0 radical (unpaired) electrons. The number of anilines is 2. The fourth-order valence-electron chi connectivity index (χ4n) is 1.38. The second-order valence-electron chi connectivity index (χ2n) is 3.74. The van der Waals surface area contributed by atoms with Gasteiger partial charge in [-0.3, -0.25) is 0 Å². The Kier molecular flexibility index (Phi) is 4.21. The highest BCUT2D eigenvalue weighted by Gasteiger charge is 2.09. The molecule has 18 heavy (non-hydrogen) atoms. The van der Waals surface area contributed by atoms with Gasteiger partial charge in [-0.2, -0.15) is 0 Å². The van der Waals surface area contributed by atoms with Gasteiger partial charge in [0.25, 0.3) is 0 Å². The highest BCUT2D eigenvalue weighted by Crippen LogP contribution is 2.30. The van der Waals surface area contributed by atoms with Crippen molar-refractivity contribution in [1.82, 2.24) is 15.5 Å². The number of halogens is 2. The molecule has 7 heteroatoms. The lowest BCUT2D eigenvalue weighted by molar-refractivity contribution is 0.493. The van der Waals surface area contributed by atoms with Crippen LogP contribution in [0.25, 0.3) is 0 Å². The standard InChI is InChI=1S/C11H12BrClN4O/c1-6-3-7(12)9(4-8(6)13)15-11-17-16-10(18-11)5-14-2/h3-4,14H,5H2,1-2H3,(H,15,17). The number of aromatic nitrogens is 2. The van der Waals surface area contributed by atoms with Crippen molar-refractivity contribution in [2.75, 3.05) is 12.4 Å². The van der Waals surface area contributed by atoms with E-state index in [9.17, 15) is 0 Å². The molecule has 0 aliphatic heterocycles. The van der Waals surface area contributed by atoms with Crippen molar-refractivity contribution < 1.29 is 4.42 Å². The van der Waals surface area contributed by atoms with Crippen molar-refractivity contribution in [3.63, 3.8) is 0 Å². The van der Waals surface area contributed by atoms with E-state index in [1.54, 1.807) is 0 Å². The van der Waals surface area contributed by atoms with E-state index in [1.807, 2.05) is 26.1 Å². The number of hydrogen-bond acceptors (Lipinski definition) is 5. The van der Waals surface area contributed by atoms with E-state index in [0.717, 1.165) is 15.7 Å². The Balaban J connectivity index is 2.20. The van der Waals surface area contributed by atoms with Gasteiger partial charge in [0.15, 0.2) is 0 Å². The van der Waals surface area contributed by atoms with Crippen LogP contribution in [-0.2, 0) is 6.54 Å². The number of hydrogen-bond donors (Lipinski definition) is 2. The lowest BCUT2D eigenvalue weighted by Gasteiger charge is -2.07. The van der Waals surface area contributed by atoms with Crippen LogP contribution in [0, 0.1) is 6.92 Å². The first-order valence-electron chi connectivity index (χ1n) is 5.30. The van der Waals surface area contributed by atoms with Gasteiger partial charge < -0.3 is 15.1 Å². The van der Waals surface area contributed by atoms with E-state index in [4.69, 9.17) is 16.0 Å². The number of nitrogens with one attached hydrogen (secondary N) is 2. The first kappa shape index (κ1) is 13.3. The van der Waals surface area contributed by atoms with Gasteiger partial charge in [0.05, 0.1) is 12.2 Å². The molecule has 1 aromatic carbocycles. The number of nitrogens with zero attached hydrogens (tertiary/aromatic N) is 2. The number of benzene rings is 1. The van der Waals surface area contributed by atoms with Crippen molar-refractivity contribution in [2.45, 2.75) is 13.5 Å². The molecule has 0 bridgehead atoms. The van der Waals surface area contributed by atoms with E-state index >= 15 is 0 Å². The largest absolute Gasteiger partial charge is 0.406 e. The zero-order chi connectivity index (χ0) is 13.1. The SMILES string of the molecule is CNCc1nnc(Nc2cc(Cl)c(C)cc2Br)o1. The van der Waals surface area contributed by atoms with Crippen LogP contribution in [0.4, 0.5) is 11.7 Å². The minimum Gasteiger partial charge on any atom is -0.406 e. The molecule has 0 amide bonds. The molecule has 0 saturated carbocycles. The van der Waals surface area contributed by atoms with Crippen LogP contribution in [0.3, 0.4) is 0 Å². The first-order chi connectivity index (χ1) is 8.60. The van der Waals surface area contributed by atoms with Crippen molar-refractivity contribution in [3.8, 4) is 0 Å². The summed E-state index contributed by atoms with van der Waals surface area (Å²) in [5.41, 5.74) is 1.78. The Morgan fingerprint density at radius 2 is 2.17 bits per heavy atom. The van der Waals surface area contributed by atoms with Crippen molar-refractivity contribution >= 4 is 39.2 Å². The molecule has 0 saturated heterocycles. The van der Waals surface area contributed by atoms with Crippen LogP contribution in [0.2, 0.25) is 5.02 Å². The van der Waals surface area contributed by atoms with E-state index < -0.39 is 0 Å². The lowest BCUT2D eigenvalue weighted by atomic mass is 10.2. The summed E-state index contributed by atoms with van der Waals surface area (Å²) < 4.78 is 6.28. The minimum absolute atomic E-state index is 0.334. The van der Waals surface area contributed by atoms with Crippen LogP contribution in [0.15, 0.2) is 21.0 Å². The lowest BCUT2D eigenvalue weighted by Crippen LogP contribution is -2.04. The molecule has 2 aromatic rings. The summed E-state index contributed by atoms with van der Waals surface area (Å²) in [6.07, 6.45) is 0. The summed E-state index contributed by atoms with van der Waals surface area (Å²) in [7, 11) is 1.81. The summed E-state index contributed by atoms with van der Waals surface area (Å²) in [5.74, 6) is 0.523. The predicted molar refractivity (Wildman–Crippen MR) is 74.2 cm³/mol. The zero-order valence-corrected chi connectivity index (χ0v) is 12.3. The van der Waals surface area contributed by atoms with Crippen LogP contribution in [0.5, 0.6) is 0 Å². The summed E-state index contributed by atoms with van der Waals surface area (Å²) in [4.78, 5) is 0. The van der Waals surface area contributed by atoms with Crippen molar-refractivity contribution in [2.24, 2.45) is 0 Å². The number of aryl methyl sites for hydroxylation is 1. The van der Waals surface area contributed by atoms with Crippen LogP contribution in [-0.4, -0.2) is 17.2 Å². The van der Waals surface area contributed by atoms with Crippen molar-refractivity contribution in [3.05, 3.63) is 33.1 Å². The molecule has 0 aliphatic carbocycles. The Labute approximate surface area is 118 Å². The molecule has 0 fully saturated rings. The predicted octanol–water partition coefficient (Wildman–Crippen LogP) is 3.26. The monoisotopic (exact) mass is 330 g/mol. The first-order valence-corrected chi connectivity index (χ1v) is 6.47. The van der Waals surface area contributed by atoms with E-state index in [1.165, 1.54) is 0 Å². The molecule has 0 aliphatic rings. The van der Waals surface area contributed by atoms with Gasteiger partial charge in [-0.05, 0) is 47.6 Å². The molecule has 2 N–H and O–H groups in total. The fourth-order valence-corrected chi connectivity index (χ4v) is 2.10. The third-order valence-corrected chi connectivity index (χ3v) is 3.35. The van der Waals surface area contributed by atoms with Gasteiger partial charge in [0, 0.05) is 9.50 Å².